The third-order valence-corrected chi connectivity index (χ3v) is 4.84. The highest BCUT2D eigenvalue weighted by molar-refractivity contribution is 5.79. The van der Waals surface area contributed by atoms with E-state index in [1.165, 1.54) is 49.8 Å². The number of aromatic nitrogens is 1. The van der Waals surface area contributed by atoms with Crippen molar-refractivity contribution in [2.75, 3.05) is 13.1 Å². The number of likely N-dealkylation sites (tertiary alicyclic amines) is 1. The van der Waals surface area contributed by atoms with Gasteiger partial charge in [0.1, 0.15) is 0 Å². The van der Waals surface area contributed by atoms with Crippen molar-refractivity contribution in [2.45, 2.75) is 45.7 Å². The third-order valence-electron chi connectivity index (χ3n) is 4.84. The number of aryl methyl sites for hydroxylation is 1. The average molecular weight is 270 g/mol. The zero-order chi connectivity index (χ0) is 13.9. The van der Waals surface area contributed by atoms with Gasteiger partial charge in [0, 0.05) is 24.3 Å². The van der Waals surface area contributed by atoms with Gasteiger partial charge in [-0.1, -0.05) is 18.2 Å². The summed E-state index contributed by atoms with van der Waals surface area (Å²) in [6.07, 6.45) is 6.31. The largest absolute Gasteiger partial charge is 0.347 e. The summed E-state index contributed by atoms with van der Waals surface area (Å²) in [7, 11) is 0. The third kappa shape index (κ3) is 2.90. The van der Waals surface area contributed by atoms with E-state index in [0.29, 0.717) is 6.04 Å². The maximum atomic E-state index is 2.61. The highest BCUT2D eigenvalue weighted by Crippen LogP contribution is 2.23. The van der Waals surface area contributed by atoms with E-state index in [4.69, 9.17) is 0 Å². The van der Waals surface area contributed by atoms with E-state index in [-0.39, 0.29) is 0 Å². The molecular formula is C18H26N2. The van der Waals surface area contributed by atoms with Crippen molar-refractivity contribution in [3.05, 3.63) is 36.5 Å². The van der Waals surface area contributed by atoms with E-state index in [1.54, 1.807) is 0 Å². The first kappa shape index (κ1) is 13.7. The van der Waals surface area contributed by atoms with Gasteiger partial charge >= 0.3 is 0 Å². The van der Waals surface area contributed by atoms with Crippen LogP contribution < -0.4 is 0 Å². The molecule has 0 aliphatic carbocycles. The summed E-state index contributed by atoms with van der Waals surface area (Å²) in [4.78, 5) is 2.61. The first-order valence-electron chi connectivity index (χ1n) is 8.02. The van der Waals surface area contributed by atoms with Crippen molar-refractivity contribution in [3.63, 3.8) is 0 Å². The number of hydrogen-bond acceptors (Lipinski definition) is 1. The predicted molar refractivity (Wildman–Crippen MR) is 86.0 cm³/mol. The predicted octanol–water partition coefficient (Wildman–Crippen LogP) is 4.15. The minimum absolute atomic E-state index is 0.712. The van der Waals surface area contributed by atoms with Crippen LogP contribution in [0.2, 0.25) is 0 Å². The van der Waals surface area contributed by atoms with Gasteiger partial charge in [-0.3, -0.25) is 0 Å². The van der Waals surface area contributed by atoms with Crippen LogP contribution in [0.25, 0.3) is 10.9 Å². The molecule has 1 aromatic heterocycles. The lowest BCUT2D eigenvalue weighted by atomic mass is 9.93. The van der Waals surface area contributed by atoms with Crippen molar-refractivity contribution >= 4 is 10.9 Å². The van der Waals surface area contributed by atoms with Gasteiger partial charge in [0.2, 0.25) is 0 Å². The number of para-hydroxylation sites is 1. The molecule has 2 heterocycles. The Hall–Kier alpha value is -1.28. The molecule has 0 amide bonds. The molecule has 0 unspecified atom stereocenters. The van der Waals surface area contributed by atoms with Crippen LogP contribution in [0.5, 0.6) is 0 Å². The van der Waals surface area contributed by atoms with Crippen LogP contribution in [0.3, 0.4) is 0 Å². The molecule has 0 radical (unpaired) electrons. The second-order valence-electron chi connectivity index (χ2n) is 6.43. The molecule has 1 aromatic carbocycles. The van der Waals surface area contributed by atoms with Gasteiger partial charge < -0.3 is 9.47 Å². The van der Waals surface area contributed by atoms with E-state index in [0.717, 1.165) is 5.92 Å². The summed E-state index contributed by atoms with van der Waals surface area (Å²) in [5.74, 6) is 0.908. The Balaban J connectivity index is 1.55. The quantitative estimate of drug-likeness (QED) is 0.810. The summed E-state index contributed by atoms with van der Waals surface area (Å²) in [6, 6.07) is 11.6. The van der Waals surface area contributed by atoms with Crippen LogP contribution in [0.4, 0.5) is 0 Å². The molecule has 2 heteroatoms. The molecule has 20 heavy (non-hydrogen) atoms. The highest BCUT2D eigenvalue weighted by atomic mass is 15.1. The number of benzene rings is 1. The second-order valence-corrected chi connectivity index (χ2v) is 6.43. The molecule has 0 saturated carbocycles. The lowest BCUT2D eigenvalue weighted by Gasteiger charge is -2.34. The molecule has 1 aliphatic heterocycles. The molecule has 1 saturated heterocycles. The van der Waals surface area contributed by atoms with Crippen LogP contribution in [-0.4, -0.2) is 28.6 Å². The molecule has 0 spiro atoms. The molecule has 3 rings (SSSR count). The van der Waals surface area contributed by atoms with Crippen LogP contribution in [0, 0.1) is 5.92 Å². The van der Waals surface area contributed by atoms with Crippen LogP contribution in [-0.2, 0) is 6.54 Å². The number of piperidine rings is 1. The lowest BCUT2D eigenvalue weighted by molar-refractivity contribution is 0.143. The summed E-state index contributed by atoms with van der Waals surface area (Å²) >= 11 is 0. The SMILES string of the molecule is CC(C)N1CCC(CCn2ccc3ccccc32)CC1. The van der Waals surface area contributed by atoms with E-state index in [9.17, 15) is 0 Å². The van der Waals surface area contributed by atoms with E-state index in [1.807, 2.05) is 0 Å². The Labute approximate surface area is 122 Å². The Morgan fingerprint density at radius 2 is 1.85 bits per heavy atom. The van der Waals surface area contributed by atoms with Gasteiger partial charge in [0.05, 0.1) is 0 Å². The normalized spacial score (nSPS) is 18.1. The van der Waals surface area contributed by atoms with Crippen molar-refractivity contribution in [1.82, 2.24) is 9.47 Å². The fraction of sp³-hybridized carbons (Fsp3) is 0.556. The highest BCUT2D eigenvalue weighted by Gasteiger charge is 2.20. The fourth-order valence-electron chi connectivity index (χ4n) is 3.42. The van der Waals surface area contributed by atoms with Crippen LogP contribution in [0.15, 0.2) is 36.5 Å². The summed E-state index contributed by atoms with van der Waals surface area (Å²) < 4.78 is 2.42. The first-order valence-corrected chi connectivity index (χ1v) is 8.02. The second kappa shape index (κ2) is 6.01. The maximum absolute atomic E-state index is 2.61. The molecule has 0 atom stereocenters. The Morgan fingerprint density at radius 3 is 2.60 bits per heavy atom. The van der Waals surface area contributed by atoms with Gasteiger partial charge in [-0.05, 0) is 69.6 Å². The Morgan fingerprint density at radius 1 is 1.10 bits per heavy atom. The number of hydrogen-bond donors (Lipinski definition) is 0. The van der Waals surface area contributed by atoms with Crippen LogP contribution >= 0.6 is 0 Å². The van der Waals surface area contributed by atoms with Gasteiger partial charge in [-0.15, -0.1) is 0 Å². The minimum atomic E-state index is 0.712. The molecular weight excluding hydrogens is 244 g/mol. The fourth-order valence-corrected chi connectivity index (χ4v) is 3.42. The summed E-state index contributed by atoms with van der Waals surface area (Å²) in [5.41, 5.74) is 1.38. The van der Waals surface area contributed by atoms with E-state index >= 15 is 0 Å². The molecule has 0 bridgehead atoms. The topological polar surface area (TPSA) is 8.17 Å². The minimum Gasteiger partial charge on any atom is -0.347 e. The van der Waals surface area contributed by atoms with E-state index in [2.05, 4.69) is 59.8 Å². The van der Waals surface area contributed by atoms with Crippen molar-refractivity contribution in [1.29, 1.82) is 0 Å². The smallest absolute Gasteiger partial charge is 0.0480 e. The first-order chi connectivity index (χ1) is 9.74. The number of fused-ring (bicyclic) bond motifs is 1. The van der Waals surface area contributed by atoms with Gasteiger partial charge in [-0.2, -0.15) is 0 Å². The monoisotopic (exact) mass is 270 g/mol. The Kier molecular flexibility index (Phi) is 4.11. The van der Waals surface area contributed by atoms with Crippen molar-refractivity contribution in [3.8, 4) is 0 Å². The van der Waals surface area contributed by atoms with Gasteiger partial charge in [0.15, 0.2) is 0 Å². The average Bonchev–Trinajstić information content (AvgIpc) is 2.89. The number of rotatable bonds is 4. The summed E-state index contributed by atoms with van der Waals surface area (Å²) in [5, 5.41) is 1.36. The van der Waals surface area contributed by atoms with Crippen molar-refractivity contribution in [2.24, 2.45) is 5.92 Å². The molecule has 2 nitrogen and oxygen atoms in total. The molecule has 1 aliphatic rings. The van der Waals surface area contributed by atoms with Gasteiger partial charge in [-0.25, -0.2) is 0 Å². The molecule has 108 valence electrons. The number of nitrogens with zero attached hydrogens (tertiary/aromatic N) is 2. The molecule has 1 fully saturated rings. The Bertz CT molecular complexity index is 547. The van der Waals surface area contributed by atoms with E-state index < -0.39 is 0 Å². The zero-order valence-corrected chi connectivity index (χ0v) is 12.8. The zero-order valence-electron chi connectivity index (χ0n) is 12.8. The maximum Gasteiger partial charge on any atom is 0.0480 e. The molecule has 2 aromatic rings. The molecule has 0 N–H and O–H groups in total. The lowest BCUT2D eigenvalue weighted by Crippen LogP contribution is -2.38. The van der Waals surface area contributed by atoms with Gasteiger partial charge in [0.25, 0.3) is 0 Å². The van der Waals surface area contributed by atoms with Crippen LogP contribution in [0.1, 0.15) is 33.1 Å². The van der Waals surface area contributed by atoms with Crippen molar-refractivity contribution < 1.29 is 0 Å². The standard InChI is InChI=1S/C18H26N2/c1-15(2)19-11-7-16(8-12-19)9-13-20-14-10-17-5-3-4-6-18(17)20/h3-6,10,14-16H,7-9,11-13H2,1-2H3. The summed E-state index contributed by atoms with van der Waals surface area (Å²) in [6.45, 7) is 8.36.